The molecule has 1 N–H and O–H groups in total. The topological polar surface area (TPSA) is 32.3 Å². The average molecular weight is 268 g/mol. The first-order valence-corrected chi connectivity index (χ1v) is 7.24. The fraction of sp³-hybridized carbons (Fsp3) is 0.353. The van der Waals surface area contributed by atoms with Crippen LogP contribution in [0.1, 0.15) is 19.8 Å². The highest BCUT2D eigenvalue weighted by molar-refractivity contribution is 5.94. The van der Waals surface area contributed by atoms with Gasteiger partial charge in [-0.3, -0.25) is 4.79 Å². The first kappa shape index (κ1) is 13.0. The second kappa shape index (κ2) is 5.53. The van der Waals surface area contributed by atoms with Crippen LogP contribution in [0.2, 0.25) is 0 Å². The monoisotopic (exact) mass is 268 g/mol. The largest absolute Gasteiger partial charge is 0.371 e. The Kier molecular flexibility index (Phi) is 3.59. The van der Waals surface area contributed by atoms with E-state index in [2.05, 4.69) is 52.7 Å². The molecule has 20 heavy (non-hydrogen) atoms. The van der Waals surface area contributed by atoms with Crippen molar-refractivity contribution in [3.05, 3.63) is 42.5 Å². The standard InChI is InChI=1S/C17H20N2O/c1-13(20)18-15-9-11-19(12-10-15)17-8-4-6-14-5-2-3-7-16(14)17/h2-8,15H,9-12H2,1H3,(H,18,20). The minimum Gasteiger partial charge on any atom is -0.371 e. The maximum atomic E-state index is 11.1. The SMILES string of the molecule is CC(=O)NC1CCN(c2cccc3ccccc23)CC1. The van der Waals surface area contributed by atoms with E-state index in [1.54, 1.807) is 6.92 Å². The number of carbonyl (C=O) groups is 1. The molecule has 0 aliphatic carbocycles. The fourth-order valence-electron chi connectivity index (χ4n) is 3.04. The van der Waals surface area contributed by atoms with E-state index in [1.807, 2.05) is 0 Å². The summed E-state index contributed by atoms with van der Waals surface area (Å²) in [5, 5.41) is 5.62. The van der Waals surface area contributed by atoms with Gasteiger partial charge in [0.2, 0.25) is 5.91 Å². The number of hydrogen-bond acceptors (Lipinski definition) is 2. The Bertz CT molecular complexity index is 610. The molecule has 2 aromatic carbocycles. The maximum absolute atomic E-state index is 11.1. The van der Waals surface area contributed by atoms with Gasteiger partial charge in [0, 0.05) is 37.1 Å². The van der Waals surface area contributed by atoms with E-state index < -0.39 is 0 Å². The van der Waals surface area contributed by atoms with Crippen molar-refractivity contribution < 1.29 is 4.79 Å². The van der Waals surface area contributed by atoms with E-state index in [9.17, 15) is 4.79 Å². The van der Waals surface area contributed by atoms with Gasteiger partial charge in [-0.25, -0.2) is 0 Å². The number of piperidine rings is 1. The van der Waals surface area contributed by atoms with Gasteiger partial charge in [0.1, 0.15) is 0 Å². The first-order chi connectivity index (χ1) is 9.74. The normalized spacial score (nSPS) is 16.4. The van der Waals surface area contributed by atoms with Crippen LogP contribution in [0, 0.1) is 0 Å². The molecule has 1 aliphatic heterocycles. The molecule has 1 saturated heterocycles. The Balaban J connectivity index is 1.78. The van der Waals surface area contributed by atoms with E-state index in [0.717, 1.165) is 25.9 Å². The average Bonchev–Trinajstić information content (AvgIpc) is 2.47. The first-order valence-electron chi connectivity index (χ1n) is 7.24. The molecule has 3 rings (SSSR count). The lowest BCUT2D eigenvalue weighted by molar-refractivity contribution is -0.119. The third-order valence-electron chi connectivity index (χ3n) is 4.01. The molecule has 3 nitrogen and oxygen atoms in total. The summed E-state index contributed by atoms with van der Waals surface area (Å²) in [7, 11) is 0. The minimum atomic E-state index is 0.0774. The van der Waals surface area contributed by atoms with Crippen LogP contribution in [0.25, 0.3) is 10.8 Å². The number of benzene rings is 2. The van der Waals surface area contributed by atoms with Gasteiger partial charge in [0.15, 0.2) is 0 Å². The number of carbonyl (C=O) groups excluding carboxylic acids is 1. The zero-order valence-electron chi connectivity index (χ0n) is 11.8. The minimum absolute atomic E-state index is 0.0774. The Labute approximate surface area is 119 Å². The van der Waals surface area contributed by atoms with Crippen LogP contribution in [-0.4, -0.2) is 25.0 Å². The van der Waals surface area contributed by atoms with Gasteiger partial charge in [0.25, 0.3) is 0 Å². The summed E-state index contributed by atoms with van der Waals surface area (Å²) in [6.07, 6.45) is 2.03. The van der Waals surface area contributed by atoms with Crippen LogP contribution in [0.3, 0.4) is 0 Å². The summed E-state index contributed by atoms with van der Waals surface area (Å²) >= 11 is 0. The van der Waals surface area contributed by atoms with Crippen LogP contribution in [-0.2, 0) is 4.79 Å². The lowest BCUT2D eigenvalue weighted by Crippen LogP contribution is -2.44. The molecule has 2 aromatic rings. The molecular formula is C17H20N2O. The third-order valence-corrected chi connectivity index (χ3v) is 4.01. The molecular weight excluding hydrogens is 248 g/mol. The number of nitrogens with zero attached hydrogens (tertiary/aromatic N) is 1. The van der Waals surface area contributed by atoms with Crippen molar-refractivity contribution in [1.29, 1.82) is 0 Å². The summed E-state index contributed by atoms with van der Waals surface area (Å²) < 4.78 is 0. The van der Waals surface area contributed by atoms with Gasteiger partial charge in [-0.1, -0.05) is 36.4 Å². The second-order valence-corrected chi connectivity index (χ2v) is 5.46. The van der Waals surface area contributed by atoms with Crippen molar-refractivity contribution in [2.24, 2.45) is 0 Å². The lowest BCUT2D eigenvalue weighted by Gasteiger charge is -2.34. The van der Waals surface area contributed by atoms with Crippen molar-refractivity contribution in [2.45, 2.75) is 25.8 Å². The maximum Gasteiger partial charge on any atom is 0.217 e. The van der Waals surface area contributed by atoms with Gasteiger partial charge in [-0.2, -0.15) is 0 Å². The second-order valence-electron chi connectivity index (χ2n) is 5.46. The molecule has 104 valence electrons. The number of nitrogens with one attached hydrogen (secondary N) is 1. The molecule has 0 aromatic heterocycles. The van der Waals surface area contributed by atoms with E-state index >= 15 is 0 Å². The zero-order valence-corrected chi connectivity index (χ0v) is 11.8. The van der Waals surface area contributed by atoms with Crippen molar-refractivity contribution >= 4 is 22.4 Å². The molecule has 1 fully saturated rings. The van der Waals surface area contributed by atoms with Gasteiger partial charge in [-0.05, 0) is 24.3 Å². The summed E-state index contributed by atoms with van der Waals surface area (Å²) in [6.45, 7) is 3.59. The van der Waals surface area contributed by atoms with E-state index in [-0.39, 0.29) is 5.91 Å². The highest BCUT2D eigenvalue weighted by atomic mass is 16.1. The predicted octanol–water partition coefficient (Wildman–Crippen LogP) is 2.94. The Hall–Kier alpha value is -2.03. The molecule has 1 amide bonds. The van der Waals surface area contributed by atoms with Gasteiger partial charge in [-0.15, -0.1) is 0 Å². The zero-order chi connectivity index (χ0) is 13.9. The van der Waals surface area contributed by atoms with Gasteiger partial charge >= 0.3 is 0 Å². The smallest absolute Gasteiger partial charge is 0.217 e. The molecule has 0 radical (unpaired) electrons. The number of rotatable bonds is 2. The van der Waals surface area contributed by atoms with Crippen LogP contribution in [0.5, 0.6) is 0 Å². The highest BCUT2D eigenvalue weighted by Crippen LogP contribution is 2.28. The summed E-state index contributed by atoms with van der Waals surface area (Å²) in [6, 6.07) is 15.3. The van der Waals surface area contributed by atoms with Crippen LogP contribution in [0.4, 0.5) is 5.69 Å². The third kappa shape index (κ3) is 2.62. The van der Waals surface area contributed by atoms with E-state index in [4.69, 9.17) is 0 Å². The molecule has 0 unspecified atom stereocenters. The molecule has 0 saturated carbocycles. The number of fused-ring (bicyclic) bond motifs is 1. The molecule has 0 atom stereocenters. The summed E-state index contributed by atoms with van der Waals surface area (Å²) in [5.74, 6) is 0.0774. The molecule has 3 heteroatoms. The molecule has 1 heterocycles. The molecule has 0 spiro atoms. The van der Waals surface area contributed by atoms with Crippen LogP contribution in [0.15, 0.2) is 42.5 Å². The van der Waals surface area contributed by atoms with Crippen molar-refractivity contribution in [1.82, 2.24) is 5.32 Å². The highest BCUT2D eigenvalue weighted by Gasteiger charge is 2.20. The quantitative estimate of drug-likeness (QED) is 0.908. The lowest BCUT2D eigenvalue weighted by atomic mass is 10.0. The Morgan fingerprint density at radius 1 is 1.10 bits per heavy atom. The van der Waals surface area contributed by atoms with Crippen LogP contribution < -0.4 is 10.2 Å². The van der Waals surface area contributed by atoms with Crippen molar-refractivity contribution in [2.75, 3.05) is 18.0 Å². The predicted molar refractivity (Wildman–Crippen MR) is 83.0 cm³/mol. The van der Waals surface area contributed by atoms with Crippen molar-refractivity contribution in [3.63, 3.8) is 0 Å². The number of hydrogen-bond donors (Lipinski definition) is 1. The fourth-order valence-corrected chi connectivity index (χ4v) is 3.04. The van der Waals surface area contributed by atoms with E-state index in [1.165, 1.54) is 16.5 Å². The molecule has 0 bridgehead atoms. The van der Waals surface area contributed by atoms with Crippen molar-refractivity contribution in [3.8, 4) is 0 Å². The summed E-state index contributed by atoms with van der Waals surface area (Å²) in [5.41, 5.74) is 1.31. The number of anilines is 1. The Morgan fingerprint density at radius 3 is 2.55 bits per heavy atom. The van der Waals surface area contributed by atoms with Crippen LogP contribution >= 0.6 is 0 Å². The Morgan fingerprint density at radius 2 is 1.80 bits per heavy atom. The van der Waals surface area contributed by atoms with E-state index in [0.29, 0.717) is 6.04 Å². The van der Waals surface area contributed by atoms with Gasteiger partial charge in [0.05, 0.1) is 0 Å². The molecule has 1 aliphatic rings. The van der Waals surface area contributed by atoms with Gasteiger partial charge < -0.3 is 10.2 Å². The number of amides is 1. The summed E-state index contributed by atoms with van der Waals surface area (Å²) in [4.78, 5) is 13.5.